The lowest BCUT2D eigenvalue weighted by Gasteiger charge is -2.09. The van der Waals surface area contributed by atoms with Crippen LogP contribution in [0.4, 0.5) is 0 Å². The highest BCUT2D eigenvalue weighted by atomic mass is 32.2. The van der Waals surface area contributed by atoms with Crippen molar-refractivity contribution in [1.82, 2.24) is 20.4 Å². The Morgan fingerprint density at radius 2 is 1.85 bits per heavy atom. The number of hydrogen-bond donors (Lipinski definition) is 2. The van der Waals surface area contributed by atoms with Crippen LogP contribution in [0.1, 0.15) is 31.8 Å². The van der Waals surface area contributed by atoms with Gasteiger partial charge in [-0.1, -0.05) is 36.0 Å². The third-order valence-corrected chi connectivity index (χ3v) is 6.57. The first kappa shape index (κ1) is 25.7. The van der Waals surface area contributed by atoms with E-state index in [1.54, 1.807) is 60.4 Å². The first-order valence-corrected chi connectivity index (χ1v) is 12.9. The molecule has 1 amide bonds. The summed E-state index contributed by atoms with van der Waals surface area (Å²) in [5.41, 5.74) is 6.99. The molecule has 0 saturated heterocycles. The van der Waals surface area contributed by atoms with E-state index in [1.807, 2.05) is 36.4 Å². The summed E-state index contributed by atoms with van der Waals surface area (Å²) in [5.74, 6) is 0.436. The number of carbonyl (C=O) groups is 2. The molecule has 2 N–H and O–H groups in total. The lowest BCUT2D eigenvalue weighted by atomic mass is 10.1. The van der Waals surface area contributed by atoms with Crippen molar-refractivity contribution >= 4 is 40.9 Å². The van der Waals surface area contributed by atoms with Crippen molar-refractivity contribution in [1.29, 1.82) is 0 Å². The van der Waals surface area contributed by atoms with Crippen LogP contribution in [0.15, 0.2) is 102 Å². The fraction of sp³-hybridized carbons (Fsp3) is 0.0690. The molecule has 10 heteroatoms. The zero-order valence-corrected chi connectivity index (χ0v) is 21.6. The van der Waals surface area contributed by atoms with Gasteiger partial charge in [0.05, 0.1) is 29.9 Å². The smallest absolute Gasteiger partial charge is 0.345 e. The number of pyridine rings is 1. The Balaban J connectivity index is 1.15. The Labute approximate surface area is 228 Å². The minimum atomic E-state index is -0.547. The van der Waals surface area contributed by atoms with E-state index in [9.17, 15) is 9.59 Å². The SMILES string of the molecule is COc1cc(/C=N/NC(=O)c2ccc(CSc3nc4ccccc4[nH]3)cc2)ccc1OC(=O)c1cccnc1. The van der Waals surface area contributed by atoms with Crippen molar-refractivity contribution in [2.45, 2.75) is 10.9 Å². The fourth-order valence-corrected chi connectivity index (χ4v) is 4.46. The number of aromatic nitrogens is 3. The summed E-state index contributed by atoms with van der Waals surface area (Å²) in [7, 11) is 1.47. The van der Waals surface area contributed by atoms with Gasteiger partial charge in [-0.3, -0.25) is 9.78 Å². The van der Waals surface area contributed by atoms with Gasteiger partial charge in [0.2, 0.25) is 0 Å². The molecule has 0 unspecified atom stereocenters. The van der Waals surface area contributed by atoms with Crippen LogP contribution < -0.4 is 14.9 Å². The Bertz CT molecular complexity index is 1600. The summed E-state index contributed by atoms with van der Waals surface area (Å²) >= 11 is 1.60. The quantitative estimate of drug-likeness (QED) is 0.0868. The van der Waals surface area contributed by atoms with E-state index in [1.165, 1.54) is 19.5 Å². The van der Waals surface area contributed by atoms with E-state index >= 15 is 0 Å². The molecule has 0 bridgehead atoms. The van der Waals surface area contributed by atoms with Crippen LogP contribution >= 0.6 is 11.8 Å². The predicted molar refractivity (Wildman–Crippen MR) is 149 cm³/mol. The second-order valence-electron chi connectivity index (χ2n) is 8.29. The lowest BCUT2D eigenvalue weighted by molar-refractivity contribution is 0.0729. The molecule has 0 aliphatic heterocycles. The molecule has 0 aliphatic carbocycles. The molecule has 9 nitrogen and oxygen atoms in total. The molecule has 5 aromatic rings. The number of nitrogens with one attached hydrogen (secondary N) is 2. The summed E-state index contributed by atoms with van der Waals surface area (Å²) in [6.07, 6.45) is 4.48. The number of hydrazone groups is 1. The van der Waals surface area contributed by atoms with Crippen molar-refractivity contribution in [2.75, 3.05) is 7.11 Å². The molecular formula is C29H23N5O4S. The molecular weight excluding hydrogens is 514 g/mol. The monoisotopic (exact) mass is 537 g/mol. The third kappa shape index (κ3) is 6.49. The predicted octanol–water partition coefficient (Wildman–Crippen LogP) is 5.24. The molecule has 39 heavy (non-hydrogen) atoms. The van der Waals surface area contributed by atoms with Crippen LogP contribution in [-0.4, -0.2) is 40.2 Å². The average molecular weight is 538 g/mol. The number of benzene rings is 3. The van der Waals surface area contributed by atoms with E-state index < -0.39 is 5.97 Å². The van der Waals surface area contributed by atoms with Gasteiger partial charge < -0.3 is 14.5 Å². The molecule has 2 heterocycles. The number of hydrogen-bond acceptors (Lipinski definition) is 8. The van der Waals surface area contributed by atoms with Crippen molar-refractivity contribution in [2.24, 2.45) is 5.10 Å². The minimum Gasteiger partial charge on any atom is -0.493 e. The number of H-pyrrole nitrogens is 1. The standard InChI is InChI=1S/C29H23N5O4S/c1-37-26-15-20(10-13-25(26)38-28(36)22-5-4-14-30-17-22)16-31-34-27(35)21-11-8-19(9-12-21)18-39-29-32-23-6-2-3-7-24(23)33-29/h2-17H,18H2,1H3,(H,32,33)(H,34,35)/b31-16+. The van der Waals surface area contributed by atoms with Gasteiger partial charge in [0.1, 0.15) is 0 Å². The summed E-state index contributed by atoms with van der Waals surface area (Å²) in [4.78, 5) is 36.6. The molecule has 194 valence electrons. The van der Waals surface area contributed by atoms with Crippen molar-refractivity contribution in [3.8, 4) is 11.5 Å². The van der Waals surface area contributed by atoms with E-state index in [0.717, 1.165) is 27.5 Å². The highest BCUT2D eigenvalue weighted by Crippen LogP contribution is 2.28. The molecule has 0 aliphatic rings. The van der Waals surface area contributed by atoms with Gasteiger partial charge in [0.15, 0.2) is 16.7 Å². The van der Waals surface area contributed by atoms with Crippen LogP contribution in [0.3, 0.4) is 0 Å². The van der Waals surface area contributed by atoms with Crippen LogP contribution in [-0.2, 0) is 5.75 Å². The topological polar surface area (TPSA) is 119 Å². The Kier molecular flexibility index (Phi) is 7.94. The molecule has 0 spiro atoms. The van der Waals surface area contributed by atoms with Crippen molar-refractivity contribution in [3.05, 3.63) is 114 Å². The van der Waals surface area contributed by atoms with Gasteiger partial charge in [0.25, 0.3) is 5.91 Å². The minimum absolute atomic E-state index is 0.256. The first-order valence-electron chi connectivity index (χ1n) is 11.9. The number of para-hydroxylation sites is 2. The fourth-order valence-electron chi connectivity index (χ4n) is 3.62. The van der Waals surface area contributed by atoms with Crippen molar-refractivity contribution < 1.29 is 19.1 Å². The number of rotatable bonds is 9. The highest BCUT2D eigenvalue weighted by molar-refractivity contribution is 7.98. The normalized spacial score (nSPS) is 11.0. The summed E-state index contributed by atoms with van der Waals surface area (Å²) in [6.45, 7) is 0. The number of fused-ring (bicyclic) bond motifs is 1. The number of carbonyl (C=O) groups excluding carboxylic acids is 2. The number of amides is 1. The van der Waals surface area contributed by atoms with Crippen LogP contribution in [0.2, 0.25) is 0 Å². The molecule has 5 rings (SSSR count). The Morgan fingerprint density at radius 1 is 1.00 bits per heavy atom. The number of ether oxygens (including phenoxy) is 2. The second-order valence-corrected chi connectivity index (χ2v) is 9.25. The number of thioether (sulfide) groups is 1. The zero-order chi connectivity index (χ0) is 27.0. The number of nitrogens with zero attached hydrogens (tertiary/aromatic N) is 3. The summed E-state index contributed by atoms with van der Waals surface area (Å²) in [5, 5.41) is 4.89. The number of methoxy groups -OCH3 is 1. The molecule has 0 atom stereocenters. The maximum atomic E-state index is 12.5. The average Bonchev–Trinajstić information content (AvgIpc) is 3.40. The lowest BCUT2D eigenvalue weighted by Crippen LogP contribution is -2.17. The van der Waals surface area contributed by atoms with E-state index in [4.69, 9.17) is 9.47 Å². The highest BCUT2D eigenvalue weighted by Gasteiger charge is 2.13. The van der Waals surface area contributed by atoms with Crippen LogP contribution in [0.25, 0.3) is 11.0 Å². The maximum absolute atomic E-state index is 12.5. The van der Waals surface area contributed by atoms with Gasteiger partial charge in [-0.15, -0.1) is 0 Å². The van der Waals surface area contributed by atoms with E-state index in [-0.39, 0.29) is 11.7 Å². The molecule has 2 aromatic heterocycles. The summed E-state index contributed by atoms with van der Waals surface area (Å²) < 4.78 is 10.8. The summed E-state index contributed by atoms with van der Waals surface area (Å²) in [6, 6.07) is 23.4. The van der Waals surface area contributed by atoms with E-state index in [2.05, 4.69) is 25.5 Å². The Morgan fingerprint density at radius 3 is 2.62 bits per heavy atom. The largest absolute Gasteiger partial charge is 0.493 e. The maximum Gasteiger partial charge on any atom is 0.345 e. The van der Waals surface area contributed by atoms with Gasteiger partial charge in [-0.05, 0) is 65.7 Å². The third-order valence-electron chi connectivity index (χ3n) is 5.63. The molecule has 3 aromatic carbocycles. The molecule has 0 radical (unpaired) electrons. The van der Waals surface area contributed by atoms with E-state index in [0.29, 0.717) is 22.4 Å². The van der Waals surface area contributed by atoms with Gasteiger partial charge in [-0.2, -0.15) is 5.10 Å². The Hall–Kier alpha value is -4.96. The number of esters is 1. The van der Waals surface area contributed by atoms with Gasteiger partial charge in [0, 0.05) is 23.7 Å². The molecule has 0 fully saturated rings. The second kappa shape index (κ2) is 12.1. The van der Waals surface area contributed by atoms with Gasteiger partial charge in [-0.25, -0.2) is 15.2 Å². The van der Waals surface area contributed by atoms with Gasteiger partial charge >= 0.3 is 5.97 Å². The number of aromatic amines is 1. The first-order chi connectivity index (χ1) is 19.1. The van der Waals surface area contributed by atoms with Crippen LogP contribution in [0, 0.1) is 0 Å². The van der Waals surface area contributed by atoms with Crippen molar-refractivity contribution in [3.63, 3.8) is 0 Å². The zero-order valence-electron chi connectivity index (χ0n) is 20.8. The molecule has 0 saturated carbocycles. The number of imidazole rings is 1. The van der Waals surface area contributed by atoms with Crippen LogP contribution in [0.5, 0.6) is 11.5 Å².